The summed E-state index contributed by atoms with van der Waals surface area (Å²) < 4.78 is 5.40. The van der Waals surface area contributed by atoms with Gasteiger partial charge in [-0.05, 0) is 30.7 Å². The lowest BCUT2D eigenvalue weighted by atomic mass is 10.0. The molecule has 0 saturated carbocycles. The first kappa shape index (κ1) is 17.9. The Morgan fingerprint density at radius 2 is 1.89 bits per heavy atom. The minimum absolute atomic E-state index is 0.0700. The molecule has 1 unspecified atom stereocenters. The molecule has 3 heterocycles. The van der Waals surface area contributed by atoms with Crippen molar-refractivity contribution in [2.45, 2.75) is 32.0 Å². The molecular formula is C19H17N3O6. The molecule has 2 aliphatic rings. The van der Waals surface area contributed by atoms with Gasteiger partial charge in [0.2, 0.25) is 11.8 Å². The molecule has 0 spiro atoms. The summed E-state index contributed by atoms with van der Waals surface area (Å²) in [4.78, 5) is 50.1. The van der Waals surface area contributed by atoms with Crippen molar-refractivity contribution in [3.63, 3.8) is 0 Å². The molecule has 0 bridgehead atoms. The van der Waals surface area contributed by atoms with Crippen molar-refractivity contribution in [2.75, 3.05) is 5.32 Å². The maximum Gasteiger partial charge on any atom is 0.264 e. The van der Waals surface area contributed by atoms with Crippen LogP contribution in [0.15, 0.2) is 34.7 Å². The van der Waals surface area contributed by atoms with Gasteiger partial charge in [-0.25, -0.2) is 0 Å². The number of nitrogens with one attached hydrogen (secondary N) is 2. The summed E-state index contributed by atoms with van der Waals surface area (Å²) in [5, 5.41) is 14.3. The van der Waals surface area contributed by atoms with E-state index in [1.54, 1.807) is 24.3 Å². The average Bonchev–Trinajstić information content (AvgIpc) is 3.24. The number of furan rings is 1. The quantitative estimate of drug-likeness (QED) is 0.651. The summed E-state index contributed by atoms with van der Waals surface area (Å²) in [5.74, 6) is -1.22. The number of amides is 4. The first-order valence-corrected chi connectivity index (χ1v) is 8.76. The Bertz CT molecular complexity index is 995. The van der Waals surface area contributed by atoms with E-state index in [0.717, 1.165) is 4.90 Å². The SMILES string of the molecule is O=C1CCC(N2C(=O)c3cccc(NCc4ccc(CO)o4)c3C2=O)C(=O)N1. The fourth-order valence-corrected chi connectivity index (χ4v) is 3.45. The first-order chi connectivity index (χ1) is 13.5. The standard InChI is InChI=1S/C19H17N3O6/c23-9-11-5-4-10(28-11)8-20-13-3-1-2-12-16(13)19(27)22(18(12)26)14-6-7-15(24)21-17(14)25/h1-5,14,20,23H,6-9H2,(H,21,24,25). The Morgan fingerprint density at radius 1 is 1.11 bits per heavy atom. The van der Waals surface area contributed by atoms with E-state index in [1.165, 1.54) is 6.07 Å². The number of carbonyl (C=O) groups is 4. The van der Waals surface area contributed by atoms with Gasteiger partial charge in [0.15, 0.2) is 0 Å². The molecule has 4 rings (SSSR count). The number of carbonyl (C=O) groups excluding carboxylic acids is 4. The second-order valence-electron chi connectivity index (χ2n) is 6.56. The van der Waals surface area contributed by atoms with Gasteiger partial charge in [-0.3, -0.25) is 29.4 Å². The number of nitrogens with zero attached hydrogens (tertiary/aromatic N) is 1. The molecular weight excluding hydrogens is 366 g/mol. The van der Waals surface area contributed by atoms with E-state index in [0.29, 0.717) is 17.2 Å². The molecule has 9 nitrogen and oxygen atoms in total. The summed E-state index contributed by atoms with van der Waals surface area (Å²) in [5.41, 5.74) is 0.828. The molecule has 0 radical (unpaired) electrons. The zero-order chi connectivity index (χ0) is 19.8. The molecule has 1 saturated heterocycles. The lowest BCUT2D eigenvalue weighted by Crippen LogP contribution is -2.54. The van der Waals surface area contributed by atoms with Crippen LogP contribution in [0, 0.1) is 0 Å². The number of hydrogen-bond acceptors (Lipinski definition) is 7. The molecule has 2 aliphatic heterocycles. The van der Waals surface area contributed by atoms with Gasteiger partial charge in [0, 0.05) is 12.1 Å². The Kier molecular flexibility index (Phi) is 4.44. The third-order valence-electron chi connectivity index (χ3n) is 4.79. The highest BCUT2D eigenvalue weighted by molar-refractivity contribution is 6.25. The molecule has 3 N–H and O–H groups in total. The van der Waals surface area contributed by atoms with Crippen LogP contribution in [0.3, 0.4) is 0 Å². The minimum atomic E-state index is -1.00. The van der Waals surface area contributed by atoms with E-state index in [2.05, 4.69) is 10.6 Å². The smallest absolute Gasteiger partial charge is 0.264 e. The first-order valence-electron chi connectivity index (χ1n) is 8.76. The maximum atomic E-state index is 13.0. The summed E-state index contributed by atoms with van der Waals surface area (Å²) >= 11 is 0. The molecule has 1 atom stereocenters. The Morgan fingerprint density at radius 3 is 2.61 bits per heavy atom. The zero-order valence-corrected chi connectivity index (χ0v) is 14.7. The number of aliphatic hydroxyl groups excluding tert-OH is 1. The molecule has 1 aromatic heterocycles. The lowest BCUT2D eigenvalue weighted by Gasteiger charge is -2.27. The fourth-order valence-electron chi connectivity index (χ4n) is 3.45. The Hall–Kier alpha value is -3.46. The van der Waals surface area contributed by atoms with E-state index in [-0.39, 0.29) is 37.1 Å². The van der Waals surface area contributed by atoms with Gasteiger partial charge in [0.25, 0.3) is 11.8 Å². The van der Waals surface area contributed by atoms with Gasteiger partial charge in [0.1, 0.15) is 24.2 Å². The van der Waals surface area contributed by atoms with Crippen LogP contribution in [0.2, 0.25) is 0 Å². The second-order valence-corrected chi connectivity index (χ2v) is 6.56. The molecule has 0 aliphatic carbocycles. The van der Waals surface area contributed by atoms with Gasteiger partial charge < -0.3 is 14.8 Å². The van der Waals surface area contributed by atoms with E-state index in [9.17, 15) is 19.2 Å². The number of fused-ring (bicyclic) bond motifs is 1. The number of hydrogen-bond donors (Lipinski definition) is 3. The van der Waals surface area contributed by atoms with Crippen LogP contribution in [0.5, 0.6) is 0 Å². The van der Waals surface area contributed by atoms with Crippen molar-refractivity contribution >= 4 is 29.3 Å². The van der Waals surface area contributed by atoms with Crippen molar-refractivity contribution in [3.8, 4) is 0 Å². The summed E-state index contributed by atoms with van der Waals surface area (Å²) in [6.07, 6.45) is 0.176. The highest BCUT2D eigenvalue weighted by Gasteiger charge is 2.45. The Labute approximate surface area is 159 Å². The van der Waals surface area contributed by atoms with Crippen LogP contribution in [-0.2, 0) is 22.7 Å². The van der Waals surface area contributed by atoms with Gasteiger partial charge in [-0.15, -0.1) is 0 Å². The minimum Gasteiger partial charge on any atom is -0.462 e. The van der Waals surface area contributed by atoms with E-state index in [4.69, 9.17) is 9.52 Å². The van der Waals surface area contributed by atoms with Crippen LogP contribution in [-0.4, -0.2) is 39.7 Å². The topological polar surface area (TPSA) is 129 Å². The molecule has 144 valence electrons. The third kappa shape index (κ3) is 2.95. The summed E-state index contributed by atoms with van der Waals surface area (Å²) in [6, 6.07) is 7.17. The number of rotatable bonds is 5. The number of piperidine rings is 1. The maximum absolute atomic E-state index is 13.0. The number of benzene rings is 1. The largest absolute Gasteiger partial charge is 0.462 e. The predicted molar refractivity (Wildman–Crippen MR) is 95.1 cm³/mol. The number of aliphatic hydroxyl groups is 1. The van der Waals surface area contributed by atoms with Crippen LogP contribution in [0.1, 0.15) is 45.1 Å². The number of anilines is 1. The molecule has 2 aromatic rings. The fraction of sp³-hybridized carbons (Fsp3) is 0.263. The summed E-state index contributed by atoms with van der Waals surface area (Å²) in [6.45, 7) is 0.0327. The summed E-state index contributed by atoms with van der Waals surface area (Å²) in [7, 11) is 0. The van der Waals surface area contributed by atoms with Gasteiger partial charge in [-0.2, -0.15) is 0 Å². The third-order valence-corrected chi connectivity index (χ3v) is 4.79. The molecule has 4 amide bonds. The van der Waals surface area contributed by atoms with Gasteiger partial charge in [-0.1, -0.05) is 6.07 Å². The van der Waals surface area contributed by atoms with Crippen molar-refractivity contribution in [2.24, 2.45) is 0 Å². The molecule has 28 heavy (non-hydrogen) atoms. The van der Waals surface area contributed by atoms with Crippen LogP contribution in [0.25, 0.3) is 0 Å². The van der Waals surface area contributed by atoms with E-state index in [1.807, 2.05) is 0 Å². The molecule has 1 fully saturated rings. The van der Waals surface area contributed by atoms with Crippen LogP contribution in [0.4, 0.5) is 5.69 Å². The van der Waals surface area contributed by atoms with Crippen LogP contribution >= 0.6 is 0 Å². The number of imide groups is 2. The highest BCUT2D eigenvalue weighted by Crippen LogP contribution is 2.32. The van der Waals surface area contributed by atoms with E-state index >= 15 is 0 Å². The van der Waals surface area contributed by atoms with Gasteiger partial charge in [0.05, 0.1) is 17.7 Å². The van der Waals surface area contributed by atoms with Crippen molar-refractivity contribution in [1.29, 1.82) is 0 Å². The second kappa shape index (κ2) is 6.93. The van der Waals surface area contributed by atoms with Crippen LogP contribution < -0.4 is 10.6 Å². The molecule has 9 heteroatoms. The zero-order valence-electron chi connectivity index (χ0n) is 14.7. The Balaban J connectivity index is 1.59. The normalized spacial score (nSPS) is 19.0. The van der Waals surface area contributed by atoms with Crippen molar-refractivity contribution in [1.82, 2.24) is 10.2 Å². The van der Waals surface area contributed by atoms with Gasteiger partial charge >= 0.3 is 0 Å². The average molecular weight is 383 g/mol. The predicted octanol–water partition coefficient (Wildman–Crippen LogP) is 0.785. The van der Waals surface area contributed by atoms with Crippen molar-refractivity contribution in [3.05, 3.63) is 53.0 Å². The highest BCUT2D eigenvalue weighted by atomic mass is 16.4. The molecule has 1 aromatic carbocycles. The monoisotopic (exact) mass is 383 g/mol. The lowest BCUT2D eigenvalue weighted by molar-refractivity contribution is -0.136. The van der Waals surface area contributed by atoms with E-state index < -0.39 is 29.7 Å². The van der Waals surface area contributed by atoms with Crippen molar-refractivity contribution < 1.29 is 28.7 Å².